The lowest BCUT2D eigenvalue weighted by molar-refractivity contribution is 0.104. The number of nitrogens with zero attached hydrogens (tertiary/aromatic N) is 1. The van der Waals surface area contributed by atoms with Gasteiger partial charge in [-0.25, -0.2) is 0 Å². The second-order valence-corrected chi connectivity index (χ2v) is 6.60. The highest BCUT2D eigenvalue weighted by atomic mass is 16.3. The van der Waals surface area contributed by atoms with Crippen LogP contribution in [0.5, 0.6) is 0 Å². The van der Waals surface area contributed by atoms with E-state index in [-0.39, 0.29) is 22.7 Å². The van der Waals surface area contributed by atoms with E-state index in [0.717, 1.165) is 5.56 Å². The van der Waals surface area contributed by atoms with Crippen molar-refractivity contribution in [2.24, 2.45) is 4.99 Å². The summed E-state index contributed by atoms with van der Waals surface area (Å²) < 4.78 is 0. The number of Topliss-reactive ketones (excluding diaryl/α,β-unsaturated/α-hetero) is 1. The van der Waals surface area contributed by atoms with Gasteiger partial charge in [0.2, 0.25) is 0 Å². The van der Waals surface area contributed by atoms with Crippen LogP contribution in [-0.2, 0) is 0 Å². The van der Waals surface area contributed by atoms with Gasteiger partial charge in [0.1, 0.15) is 5.76 Å². The standard InChI is InChI=1S/C20H19NO2/c1-20(2,3)21-17-14-11-7-8-12-15(14)19(23)16(17)18(22)13-9-5-4-6-10-13/h4-12,22H,1-3H3/b18-16+,21-17?. The Morgan fingerprint density at radius 2 is 1.48 bits per heavy atom. The number of allylic oxidation sites excluding steroid dienone is 1. The number of aliphatic imine (C=N–C) groups is 1. The largest absolute Gasteiger partial charge is 0.506 e. The van der Waals surface area contributed by atoms with Crippen molar-refractivity contribution in [3.63, 3.8) is 0 Å². The Hall–Kier alpha value is -2.68. The van der Waals surface area contributed by atoms with Crippen molar-refractivity contribution in [3.05, 3.63) is 76.9 Å². The van der Waals surface area contributed by atoms with E-state index in [2.05, 4.69) is 0 Å². The highest BCUT2D eigenvalue weighted by Gasteiger charge is 2.35. The third kappa shape index (κ3) is 2.82. The van der Waals surface area contributed by atoms with Gasteiger partial charge in [-0.15, -0.1) is 0 Å². The zero-order chi connectivity index (χ0) is 16.6. The average molecular weight is 305 g/mol. The molecule has 2 aromatic carbocycles. The van der Waals surface area contributed by atoms with Gasteiger partial charge in [0, 0.05) is 16.7 Å². The zero-order valence-corrected chi connectivity index (χ0v) is 13.5. The lowest BCUT2D eigenvalue weighted by Gasteiger charge is -2.15. The third-order valence-corrected chi connectivity index (χ3v) is 3.62. The fourth-order valence-corrected chi connectivity index (χ4v) is 2.68. The van der Waals surface area contributed by atoms with Crippen molar-refractivity contribution >= 4 is 17.3 Å². The smallest absolute Gasteiger partial charge is 0.199 e. The Morgan fingerprint density at radius 3 is 2.09 bits per heavy atom. The SMILES string of the molecule is CC(C)(C)N=C1/C(=C(\O)c2ccccc2)C(=O)c2ccccc21. The van der Waals surface area contributed by atoms with E-state index in [1.807, 2.05) is 57.2 Å². The zero-order valence-electron chi connectivity index (χ0n) is 13.5. The maximum atomic E-state index is 12.8. The van der Waals surface area contributed by atoms with Crippen molar-refractivity contribution in [2.75, 3.05) is 0 Å². The molecule has 0 aromatic heterocycles. The van der Waals surface area contributed by atoms with Gasteiger partial charge in [0.05, 0.1) is 16.8 Å². The van der Waals surface area contributed by atoms with E-state index in [1.54, 1.807) is 18.2 Å². The summed E-state index contributed by atoms with van der Waals surface area (Å²) in [6.07, 6.45) is 0. The molecular formula is C20H19NO2. The van der Waals surface area contributed by atoms with Gasteiger partial charge in [0.25, 0.3) is 0 Å². The first-order chi connectivity index (χ1) is 10.9. The summed E-state index contributed by atoms with van der Waals surface area (Å²) in [5, 5.41) is 10.7. The van der Waals surface area contributed by atoms with Crippen LogP contribution in [0.15, 0.2) is 65.2 Å². The molecule has 116 valence electrons. The molecule has 0 saturated heterocycles. The molecule has 0 heterocycles. The Bertz CT molecular complexity index is 824. The minimum atomic E-state index is -0.352. The van der Waals surface area contributed by atoms with E-state index in [9.17, 15) is 9.90 Å². The number of rotatable bonds is 1. The molecule has 3 nitrogen and oxygen atoms in total. The molecule has 0 unspecified atom stereocenters. The molecule has 23 heavy (non-hydrogen) atoms. The normalized spacial score (nSPS) is 18.2. The topological polar surface area (TPSA) is 49.7 Å². The summed E-state index contributed by atoms with van der Waals surface area (Å²) in [6, 6.07) is 16.5. The van der Waals surface area contributed by atoms with Crippen LogP contribution in [0.4, 0.5) is 0 Å². The molecule has 3 rings (SSSR count). The van der Waals surface area contributed by atoms with Crippen LogP contribution in [0.25, 0.3) is 5.76 Å². The third-order valence-electron chi connectivity index (χ3n) is 3.62. The molecule has 1 aliphatic carbocycles. The molecular weight excluding hydrogens is 286 g/mol. The van der Waals surface area contributed by atoms with Crippen molar-refractivity contribution in [1.29, 1.82) is 0 Å². The maximum Gasteiger partial charge on any atom is 0.199 e. The number of aliphatic hydroxyl groups is 1. The summed E-state index contributed by atoms with van der Waals surface area (Å²) in [5.74, 6) is -0.195. The molecule has 0 saturated carbocycles. The minimum absolute atomic E-state index is 0.0187. The number of aliphatic hydroxyl groups excluding tert-OH is 1. The maximum absolute atomic E-state index is 12.8. The highest BCUT2D eigenvalue weighted by Crippen LogP contribution is 2.32. The van der Waals surface area contributed by atoms with Crippen molar-refractivity contribution in [2.45, 2.75) is 26.3 Å². The Labute approximate surface area is 136 Å². The predicted octanol–water partition coefficient (Wildman–Crippen LogP) is 4.44. The fourth-order valence-electron chi connectivity index (χ4n) is 2.68. The minimum Gasteiger partial charge on any atom is -0.506 e. The average Bonchev–Trinajstić information content (AvgIpc) is 2.79. The first-order valence-electron chi connectivity index (χ1n) is 7.61. The number of carbonyl (C=O) groups excluding carboxylic acids is 1. The molecule has 3 heteroatoms. The van der Waals surface area contributed by atoms with Crippen LogP contribution in [0.3, 0.4) is 0 Å². The van der Waals surface area contributed by atoms with Gasteiger partial charge in [-0.2, -0.15) is 0 Å². The summed E-state index contributed by atoms with van der Waals surface area (Å²) >= 11 is 0. The van der Waals surface area contributed by atoms with E-state index in [4.69, 9.17) is 4.99 Å². The Morgan fingerprint density at radius 1 is 0.913 bits per heavy atom. The molecule has 0 bridgehead atoms. The van der Waals surface area contributed by atoms with Gasteiger partial charge in [0.15, 0.2) is 5.78 Å². The van der Waals surface area contributed by atoms with Crippen LogP contribution in [-0.4, -0.2) is 22.1 Å². The van der Waals surface area contributed by atoms with E-state index < -0.39 is 0 Å². The van der Waals surface area contributed by atoms with Crippen molar-refractivity contribution in [3.8, 4) is 0 Å². The monoisotopic (exact) mass is 305 g/mol. The van der Waals surface area contributed by atoms with E-state index in [1.165, 1.54) is 0 Å². The van der Waals surface area contributed by atoms with Crippen molar-refractivity contribution in [1.82, 2.24) is 0 Å². The quantitative estimate of drug-likeness (QED) is 0.625. The first-order valence-corrected chi connectivity index (χ1v) is 7.61. The number of carbonyl (C=O) groups is 1. The van der Waals surface area contributed by atoms with Crippen LogP contribution in [0, 0.1) is 0 Å². The first kappa shape index (κ1) is 15.2. The molecule has 2 aromatic rings. The number of ketones is 1. The lowest BCUT2D eigenvalue weighted by Crippen LogP contribution is -2.16. The van der Waals surface area contributed by atoms with E-state index >= 15 is 0 Å². The predicted molar refractivity (Wildman–Crippen MR) is 93.1 cm³/mol. The second-order valence-electron chi connectivity index (χ2n) is 6.60. The van der Waals surface area contributed by atoms with Crippen molar-refractivity contribution < 1.29 is 9.90 Å². The van der Waals surface area contributed by atoms with Crippen LogP contribution < -0.4 is 0 Å². The van der Waals surface area contributed by atoms with E-state index in [0.29, 0.717) is 16.8 Å². The summed E-state index contributed by atoms with van der Waals surface area (Å²) in [5.41, 5.74) is 2.49. The summed E-state index contributed by atoms with van der Waals surface area (Å²) in [7, 11) is 0. The molecule has 0 atom stereocenters. The number of fused-ring (bicyclic) bond motifs is 1. The number of hydrogen-bond donors (Lipinski definition) is 1. The molecule has 0 radical (unpaired) electrons. The Balaban J connectivity index is 2.28. The Kier molecular flexibility index (Phi) is 3.64. The van der Waals surface area contributed by atoms with Gasteiger partial charge < -0.3 is 5.11 Å². The molecule has 1 N–H and O–H groups in total. The summed E-state index contributed by atoms with van der Waals surface area (Å²) in [4.78, 5) is 17.5. The second kappa shape index (κ2) is 5.51. The van der Waals surface area contributed by atoms with Gasteiger partial charge in [-0.05, 0) is 20.8 Å². The van der Waals surface area contributed by atoms with Crippen LogP contribution in [0.2, 0.25) is 0 Å². The number of benzene rings is 2. The molecule has 0 aliphatic heterocycles. The van der Waals surface area contributed by atoms with Crippen LogP contribution >= 0.6 is 0 Å². The molecule has 0 spiro atoms. The molecule has 0 amide bonds. The summed E-state index contributed by atoms with van der Waals surface area (Å²) in [6.45, 7) is 5.92. The van der Waals surface area contributed by atoms with Gasteiger partial charge in [-0.3, -0.25) is 9.79 Å². The van der Waals surface area contributed by atoms with Gasteiger partial charge in [-0.1, -0.05) is 54.6 Å². The van der Waals surface area contributed by atoms with Gasteiger partial charge >= 0.3 is 0 Å². The molecule has 0 fully saturated rings. The fraction of sp³-hybridized carbons (Fsp3) is 0.200. The molecule has 1 aliphatic rings. The van der Waals surface area contributed by atoms with Crippen LogP contribution in [0.1, 0.15) is 42.3 Å². The number of hydrogen-bond acceptors (Lipinski definition) is 3. The lowest BCUT2D eigenvalue weighted by atomic mass is 10.0. The highest BCUT2D eigenvalue weighted by molar-refractivity contribution is 6.43.